The molecule has 0 spiro atoms. The average molecular weight is 370 g/mol. The van der Waals surface area contributed by atoms with Crippen LogP contribution < -0.4 is 4.90 Å². The molecule has 0 fully saturated rings. The van der Waals surface area contributed by atoms with Crippen LogP contribution in [0.2, 0.25) is 0 Å². The van der Waals surface area contributed by atoms with Crippen LogP contribution in [0.4, 0.5) is 5.69 Å². The molecule has 0 bridgehead atoms. The van der Waals surface area contributed by atoms with Gasteiger partial charge in [0.2, 0.25) is 0 Å². The first-order chi connectivity index (χ1) is 13.8. The van der Waals surface area contributed by atoms with Crippen molar-refractivity contribution >= 4 is 11.6 Å². The number of carbonyl (C=O) groups excluding carboxylic acids is 1. The second-order valence-electron chi connectivity index (χ2n) is 6.82. The van der Waals surface area contributed by atoms with Crippen molar-refractivity contribution in [3.8, 4) is 0 Å². The van der Waals surface area contributed by atoms with Crippen molar-refractivity contribution < 1.29 is 9.32 Å². The maximum absolute atomic E-state index is 13.2. The van der Waals surface area contributed by atoms with E-state index in [-0.39, 0.29) is 11.8 Å². The molecule has 0 aliphatic carbocycles. The molecule has 1 unspecified atom stereocenters. The van der Waals surface area contributed by atoms with Gasteiger partial charge in [0, 0.05) is 36.6 Å². The van der Waals surface area contributed by atoms with Gasteiger partial charge in [-0.2, -0.15) is 5.10 Å². The summed E-state index contributed by atoms with van der Waals surface area (Å²) >= 11 is 0. The Bertz CT molecular complexity index is 1100. The normalized spacial score (nSPS) is 15.6. The van der Waals surface area contributed by atoms with E-state index in [1.54, 1.807) is 21.8 Å². The molecular formula is C22H18N4O2. The Morgan fingerprint density at radius 3 is 2.71 bits per heavy atom. The van der Waals surface area contributed by atoms with E-state index in [4.69, 9.17) is 4.52 Å². The van der Waals surface area contributed by atoms with Crippen LogP contribution in [0.3, 0.4) is 0 Å². The molecule has 6 heteroatoms. The highest BCUT2D eigenvalue weighted by Gasteiger charge is 2.34. The minimum absolute atomic E-state index is 0.150. The van der Waals surface area contributed by atoms with Crippen LogP contribution in [0.1, 0.15) is 33.3 Å². The molecule has 5 rings (SSSR count). The molecule has 6 nitrogen and oxygen atoms in total. The Morgan fingerprint density at radius 1 is 1.07 bits per heavy atom. The van der Waals surface area contributed by atoms with Crippen LogP contribution in [-0.4, -0.2) is 27.4 Å². The number of nitrogens with zero attached hydrogens (tertiary/aromatic N) is 4. The first kappa shape index (κ1) is 16.5. The van der Waals surface area contributed by atoms with Crippen LogP contribution in [0.15, 0.2) is 83.6 Å². The lowest BCUT2D eigenvalue weighted by atomic mass is 9.93. The van der Waals surface area contributed by atoms with Gasteiger partial charge >= 0.3 is 0 Å². The molecule has 2 aromatic heterocycles. The molecule has 1 aliphatic heterocycles. The summed E-state index contributed by atoms with van der Waals surface area (Å²) in [5.41, 5.74) is 3.59. The van der Waals surface area contributed by atoms with E-state index in [1.165, 1.54) is 5.56 Å². The number of para-hydroxylation sites is 1. The molecule has 138 valence electrons. The van der Waals surface area contributed by atoms with Crippen LogP contribution in [0.5, 0.6) is 0 Å². The maximum atomic E-state index is 13.2. The van der Waals surface area contributed by atoms with Gasteiger partial charge in [0.25, 0.3) is 5.91 Å². The Hall–Kier alpha value is -3.67. The standard InChI is InChI=1S/C22H18N4O2/c27-22(20-13-17(28-24-20)14-25-12-6-11-23-25)26-15-19(16-7-2-1-3-8-16)18-9-4-5-10-21(18)26/h1-13,19H,14-15H2. The van der Waals surface area contributed by atoms with Crippen LogP contribution in [0.25, 0.3) is 0 Å². The van der Waals surface area contributed by atoms with Crippen molar-refractivity contribution in [1.29, 1.82) is 0 Å². The van der Waals surface area contributed by atoms with Crippen molar-refractivity contribution in [3.63, 3.8) is 0 Å². The summed E-state index contributed by atoms with van der Waals surface area (Å²) in [6.45, 7) is 1.03. The summed E-state index contributed by atoms with van der Waals surface area (Å²) < 4.78 is 7.09. The Morgan fingerprint density at radius 2 is 1.89 bits per heavy atom. The summed E-state index contributed by atoms with van der Waals surface area (Å²) in [6, 6.07) is 21.9. The van der Waals surface area contributed by atoms with Crippen molar-refractivity contribution in [2.75, 3.05) is 11.4 Å². The number of hydrogen-bond acceptors (Lipinski definition) is 4. The fourth-order valence-corrected chi connectivity index (χ4v) is 3.75. The lowest BCUT2D eigenvalue weighted by Crippen LogP contribution is -2.30. The Balaban J connectivity index is 1.43. The number of benzene rings is 2. The second-order valence-corrected chi connectivity index (χ2v) is 6.82. The smallest absolute Gasteiger partial charge is 0.280 e. The van der Waals surface area contributed by atoms with Gasteiger partial charge < -0.3 is 9.42 Å². The fraction of sp³-hybridized carbons (Fsp3) is 0.136. The van der Waals surface area contributed by atoms with Crippen molar-refractivity contribution in [3.05, 3.63) is 102 Å². The Labute approximate surface area is 162 Å². The number of hydrogen-bond donors (Lipinski definition) is 0. The van der Waals surface area contributed by atoms with Gasteiger partial charge in [-0.15, -0.1) is 0 Å². The highest BCUT2D eigenvalue weighted by molar-refractivity contribution is 6.06. The number of rotatable bonds is 4. The minimum atomic E-state index is -0.152. The molecular weight excluding hydrogens is 352 g/mol. The zero-order chi connectivity index (χ0) is 18.9. The largest absolute Gasteiger partial charge is 0.359 e. The number of carbonyl (C=O) groups is 1. The van der Waals surface area contributed by atoms with Gasteiger partial charge in [-0.25, -0.2) is 0 Å². The molecule has 0 N–H and O–H groups in total. The zero-order valence-electron chi connectivity index (χ0n) is 15.1. The van der Waals surface area contributed by atoms with Crippen molar-refractivity contribution in [1.82, 2.24) is 14.9 Å². The quantitative estimate of drug-likeness (QED) is 0.549. The molecule has 3 heterocycles. The van der Waals surface area contributed by atoms with E-state index in [1.807, 2.05) is 48.7 Å². The number of fused-ring (bicyclic) bond motifs is 1. The first-order valence-electron chi connectivity index (χ1n) is 9.18. The van der Waals surface area contributed by atoms with Crippen LogP contribution in [-0.2, 0) is 6.54 Å². The van der Waals surface area contributed by atoms with E-state index in [9.17, 15) is 4.79 Å². The maximum Gasteiger partial charge on any atom is 0.280 e. The minimum Gasteiger partial charge on any atom is -0.359 e. The lowest BCUT2D eigenvalue weighted by molar-refractivity contribution is 0.0980. The highest BCUT2D eigenvalue weighted by Crippen LogP contribution is 2.40. The zero-order valence-corrected chi connectivity index (χ0v) is 15.1. The number of aromatic nitrogens is 3. The van der Waals surface area contributed by atoms with Gasteiger partial charge in [0.05, 0.1) is 0 Å². The van der Waals surface area contributed by atoms with Gasteiger partial charge in [0.1, 0.15) is 6.54 Å². The summed E-state index contributed by atoms with van der Waals surface area (Å²) in [7, 11) is 0. The van der Waals surface area contributed by atoms with Crippen LogP contribution in [0, 0.1) is 0 Å². The van der Waals surface area contributed by atoms with Gasteiger partial charge in [-0.3, -0.25) is 9.48 Å². The monoisotopic (exact) mass is 370 g/mol. The molecule has 0 saturated heterocycles. The van der Waals surface area contributed by atoms with Crippen molar-refractivity contribution in [2.45, 2.75) is 12.5 Å². The lowest BCUT2D eigenvalue weighted by Gasteiger charge is -2.16. The fourth-order valence-electron chi connectivity index (χ4n) is 3.75. The summed E-state index contributed by atoms with van der Waals surface area (Å²) in [5, 5.41) is 8.15. The second kappa shape index (κ2) is 6.81. The summed E-state index contributed by atoms with van der Waals surface area (Å²) in [5.74, 6) is 0.595. The summed E-state index contributed by atoms with van der Waals surface area (Å²) in [4.78, 5) is 15.0. The molecule has 2 aromatic carbocycles. The predicted octanol–water partition coefficient (Wildman–Crippen LogP) is 3.71. The predicted molar refractivity (Wildman–Crippen MR) is 104 cm³/mol. The molecule has 1 amide bonds. The SMILES string of the molecule is O=C(c1cc(Cn2cccn2)on1)N1CC(c2ccccc2)c2ccccc21. The van der Waals surface area contributed by atoms with E-state index in [0.717, 1.165) is 11.3 Å². The highest BCUT2D eigenvalue weighted by atomic mass is 16.5. The van der Waals surface area contributed by atoms with E-state index in [0.29, 0.717) is 24.5 Å². The third-order valence-corrected chi connectivity index (χ3v) is 5.07. The van der Waals surface area contributed by atoms with Crippen LogP contribution >= 0.6 is 0 Å². The number of amides is 1. The number of anilines is 1. The molecule has 1 aliphatic rings. The first-order valence-corrected chi connectivity index (χ1v) is 9.18. The van der Waals surface area contributed by atoms with E-state index < -0.39 is 0 Å². The third-order valence-electron chi connectivity index (χ3n) is 5.07. The molecule has 1 atom stereocenters. The van der Waals surface area contributed by atoms with Gasteiger partial charge in [-0.05, 0) is 23.3 Å². The van der Waals surface area contributed by atoms with Gasteiger partial charge in [-0.1, -0.05) is 53.7 Å². The molecule has 4 aromatic rings. The van der Waals surface area contributed by atoms with E-state index in [2.05, 4.69) is 28.5 Å². The summed E-state index contributed by atoms with van der Waals surface area (Å²) in [6.07, 6.45) is 3.54. The third kappa shape index (κ3) is 2.89. The molecule has 0 saturated carbocycles. The Kier molecular flexibility index (Phi) is 4.01. The van der Waals surface area contributed by atoms with Crippen molar-refractivity contribution in [2.24, 2.45) is 0 Å². The molecule has 0 radical (unpaired) electrons. The average Bonchev–Trinajstić information content (AvgIpc) is 3.49. The molecule has 28 heavy (non-hydrogen) atoms. The van der Waals surface area contributed by atoms with E-state index >= 15 is 0 Å². The van der Waals surface area contributed by atoms with Gasteiger partial charge in [0.15, 0.2) is 11.5 Å². The topological polar surface area (TPSA) is 64.2 Å².